The average Bonchev–Trinajstić information content (AvgIpc) is 3.28. The topological polar surface area (TPSA) is 65.4 Å². The molecule has 3 rings (SSSR count). The monoisotopic (exact) mass is 329 g/mol. The Bertz CT molecular complexity index is 679. The normalized spacial score (nSPS) is 15.9. The van der Waals surface area contributed by atoms with E-state index in [0.29, 0.717) is 17.2 Å². The van der Waals surface area contributed by atoms with Crippen molar-refractivity contribution in [3.63, 3.8) is 0 Å². The fourth-order valence-corrected chi connectivity index (χ4v) is 2.91. The first-order chi connectivity index (χ1) is 11.7. The molecule has 1 amide bonds. The van der Waals surface area contributed by atoms with Crippen LogP contribution in [0.1, 0.15) is 38.6 Å². The highest BCUT2D eigenvalue weighted by Gasteiger charge is 2.20. The van der Waals surface area contributed by atoms with E-state index in [-0.39, 0.29) is 18.1 Å². The van der Waals surface area contributed by atoms with E-state index >= 15 is 0 Å². The van der Waals surface area contributed by atoms with Gasteiger partial charge in [-0.25, -0.2) is 0 Å². The van der Waals surface area contributed by atoms with Crippen molar-refractivity contribution < 1.29 is 14.3 Å². The second-order valence-electron chi connectivity index (χ2n) is 6.04. The Hall–Kier alpha value is -2.50. The van der Waals surface area contributed by atoms with Gasteiger partial charge >= 0.3 is 0 Å². The lowest BCUT2D eigenvalue weighted by atomic mass is 10.2. The third-order valence-corrected chi connectivity index (χ3v) is 4.33. The van der Waals surface area contributed by atoms with Crippen molar-refractivity contribution in [2.45, 2.75) is 44.8 Å². The predicted octanol–water partition coefficient (Wildman–Crippen LogP) is 3.41. The van der Waals surface area contributed by atoms with E-state index in [0.717, 1.165) is 12.8 Å². The van der Waals surface area contributed by atoms with Gasteiger partial charge in [-0.1, -0.05) is 0 Å². The van der Waals surface area contributed by atoms with E-state index in [4.69, 9.17) is 9.47 Å². The minimum Gasteiger partial charge on any atom is -0.493 e. The number of carbonyl (C=O) groups excluding carboxylic acids is 1. The molecule has 0 saturated heterocycles. The van der Waals surface area contributed by atoms with E-state index in [1.807, 2.05) is 25.1 Å². The lowest BCUT2D eigenvalue weighted by molar-refractivity contribution is -0.119. The van der Waals surface area contributed by atoms with E-state index < -0.39 is 0 Å². The van der Waals surface area contributed by atoms with Gasteiger partial charge < -0.3 is 14.8 Å². The molecule has 1 heterocycles. The molecule has 0 radical (unpaired) electrons. The van der Waals surface area contributed by atoms with Crippen LogP contribution in [0.3, 0.4) is 0 Å². The summed E-state index contributed by atoms with van der Waals surface area (Å²) < 4.78 is 13.0. The van der Waals surface area contributed by atoms with Crippen molar-refractivity contribution in [2.75, 3.05) is 12.4 Å². The van der Waals surface area contributed by atoms with E-state index in [1.165, 1.54) is 12.8 Å². The van der Waals surface area contributed by atoms with Crippen LogP contribution in [0.15, 0.2) is 36.7 Å². The molecule has 0 bridgehead atoms. The van der Waals surface area contributed by atoms with Gasteiger partial charge in [0.15, 0.2) is 11.5 Å². The SMILES string of the molecule is COc1ccc(NC(=O)[C@H](C)n2cccn2)cc1OC1CCCC1. The van der Waals surface area contributed by atoms with Gasteiger partial charge in [0.1, 0.15) is 6.04 Å². The first kappa shape index (κ1) is 16.4. The van der Waals surface area contributed by atoms with Gasteiger partial charge in [-0.15, -0.1) is 0 Å². The van der Waals surface area contributed by atoms with Crippen LogP contribution in [0.5, 0.6) is 11.5 Å². The number of rotatable bonds is 6. The molecule has 1 aromatic heterocycles. The quantitative estimate of drug-likeness (QED) is 0.882. The molecule has 0 unspecified atom stereocenters. The Morgan fingerprint density at radius 1 is 1.33 bits per heavy atom. The Morgan fingerprint density at radius 3 is 2.79 bits per heavy atom. The molecule has 1 fully saturated rings. The summed E-state index contributed by atoms with van der Waals surface area (Å²) in [5.74, 6) is 1.23. The minimum atomic E-state index is -0.388. The molecule has 1 saturated carbocycles. The molecule has 1 N–H and O–H groups in total. The van der Waals surface area contributed by atoms with Gasteiger partial charge in [0, 0.05) is 24.1 Å². The summed E-state index contributed by atoms with van der Waals surface area (Å²) in [6.45, 7) is 1.81. The summed E-state index contributed by atoms with van der Waals surface area (Å²) in [5, 5.41) is 7.01. The van der Waals surface area contributed by atoms with E-state index in [9.17, 15) is 4.79 Å². The number of amides is 1. The fraction of sp³-hybridized carbons (Fsp3) is 0.444. The number of nitrogens with zero attached hydrogens (tertiary/aromatic N) is 2. The number of nitrogens with one attached hydrogen (secondary N) is 1. The maximum atomic E-state index is 12.4. The van der Waals surface area contributed by atoms with Crippen LogP contribution in [0, 0.1) is 0 Å². The molecular weight excluding hydrogens is 306 g/mol. The Kier molecular flexibility index (Phi) is 5.03. The molecule has 2 aromatic rings. The Balaban J connectivity index is 1.72. The predicted molar refractivity (Wildman–Crippen MR) is 91.4 cm³/mol. The lowest BCUT2D eigenvalue weighted by Crippen LogP contribution is -2.24. The van der Waals surface area contributed by atoms with Gasteiger partial charge in [-0.2, -0.15) is 5.10 Å². The highest BCUT2D eigenvalue weighted by Crippen LogP contribution is 2.34. The number of anilines is 1. The van der Waals surface area contributed by atoms with Gasteiger partial charge in [-0.05, 0) is 50.8 Å². The number of ether oxygens (including phenoxy) is 2. The number of carbonyl (C=O) groups is 1. The van der Waals surface area contributed by atoms with Crippen LogP contribution in [-0.2, 0) is 4.79 Å². The van der Waals surface area contributed by atoms with Gasteiger partial charge in [0.25, 0.3) is 0 Å². The second kappa shape index (κ2) is 7.38. The van der Waals surface area contributed by atoms with Crippen LogP contribution in [-0.4, -0.2) is 28.9 Å². The van der Waals surface area contributed by atoms with Gasteiger partial charge in [0.2, 0.25) is 5.91 Å². The Labute approximate surface area is 141 Å². The van der Waals surface area contributed by atoms with Crippen LogP contribution in [0.4, 0.5) is 5.69 Å². The standard InChI is InChI=1S/C18H23N3O3/c1-13(21-11-5-10-19-21)18(22)20-14-8-9-16(23-2)17(12-14)24-15-6-3-4-7-15/h5,8-13,15H,3-4,6-7H2,1-2H3,(H,20,22)/t13-/m0/s1. The third-order valence-electron chi connectivity index (χ3n) is 4.33. The van der Waals surface area contributed by atoms with Crippen molar-refractivity contribution in [1.82, 2.24) is 9.78 Å². The molecule has 24 heavy (non-hydrogen) atoms. The molecule has 0 spiro atoms. The zero-order valence-corrected chi connectivity index (χ0v) is 14.1. The Morgan fingerprint density at radius 2 is 2.12 bits per heavy atom. The van der Waals surface area contributed by atoms with Gasteiger partial charge in [0.05, 0.1) is 13.2 Å². The maximum absolute atomic E-state index is 12.4. The summed E-state index contributed by atoms with van der Waals surface area (Å²) >= 11 is 0. The largest absolute Gasteiger partial charge is 0.493 e. The van der Waals surface area contributed by atoms with E-state index in [2.05, 4.69) is 10.4 Å². The molecule has 1 aliphatic carbocycles. The summed E-state index contributed by atoms with van der Waals surface area (Å²) in [6, 6.07) is 6.86. The van der Waals surface area contributed by atoms with Crippen LogP contribution in [0.25, 0.3) is 0 Å². The summed E-state index contributed by atoms with van der Waals surface area (Å²) in [7, 11) is 1.62. The van der Waals surface area contributed by atoms with Crippen molar-refractivity contribution in [3.8, 4) is 11.5 Å². The highest BCUT2D eigenvalue weighted by atomic mass is 16.5. The second-order valence-corrected chi connectivity index (χ2v) is 6.04. The molecule has 1 aliphatic rings. The molecular formula is C18H23N3O3. The maximum Gasteiger partial charge on any atom is 0.248 e. The first-order valence-electron chi connectivity index (χ1n) is 8.32. The van der Waals surface area contributed by atoms with Crippen LogP contribution >= 0.6 is 0 Å². The van der Waals surface area contributed by atoms with Crippen molar-refractivity contribution in [3.05, 3.63) is 36.7 Å². The highest BCUT2D eigenvalue weighted by molar-refractivity contribution is 5.93. The number of benzene rings is 1. The van der Waals surface area contributed by atoms with Gasteiger partial charge in [-0.3, -0.25) is 9.48 Å². The van der Waals surface area contributed by atoms with E-state index in [1.54, 1.807) is 30.3 Å². The molecule has 0 aliphatic heterocycles. The molecule has 6 heteroatoms. The molecule has 1 aromatic carbocycles. The first-order valence-corrected chi connectivity index (χ1v) is 8.32. The minimum absolute atomic E-state index is 0.129. The van der Waals surface area contributed by atoms with Crippen molar-refractivity contribution in [1.29, 1.82) is 0 Å². The van der Waals surface area contributed by atoms with Crippen molar-refractivity contribution >= 4 is 11.6 Å². The van der Waals surface area contributed by atoms with Crippen LogP contribution in [0.2, 0.25) is 0 Å². The molecule has 6 nitrogen and oxygen atoms in total. The molecule has 128 valence electrons. The number of aromatic nitrogens is 2. The van der Waals surface area contributed by atoms with Crippen LogP contribution < -0.4 is 14.8 Å². The molecule has 1 atom stereocenters. The number of hydrogen-bond donors (Lipinski definition) is 1. The van der Waals surface area contributed by atoms with Crippen molar-refractivity contribution in [2.24, 2.45) is 0 Å². The zero-order chi connectivity index (χ0) is 16.9. The fourth-order valence-electron chi connectivity index (χ4n) is 2.91. The number of methoxy groups -OCH3 is 1. The summed E-state index contributed by atoms with van der Waals surface area (Å²) in [6.07, 6.45) is 8.19. The lowest BCUT2D eigenvalue weighted by Gasteiger charge is -2.18. The summed E-state index contributed by atoms with van der Waals surface area (Å²) in [4.78, 5) is 12.4. The summed E-state index contributed by atoms with van der Waals surface area (Å²) in [5.41, 5.74) is 0.688. The zero-order valence-electron chi connectivity index (χ0n) is 14.1. The number of hydrogen-bond acceptors (Lipinski definition) is 4. The third kappa shape index (κ3) is 3.69. The smallest absolute Gasteiger partial charge is 0.248 e. The average molecular weight is 329 g/mol.